The lowest BCUT2D eigenvalue weighted by Gasteiger charge is -2.06. The number of H-pyrrole nitrogens is 1. The Hall–Kier alpha value is -2.34. The van der Waals surface area contributed by atoms with E-state index in [2.05, 4.69) is 15.5 Å². The lowest BCUT2D eigenvalue weighted by molar-refractivity contribution is 0.102. The molecule has 3 aromatic heterocycles. The highest BCUT2D eigenvalue weighted by Crippen LogP contribution is 2.31. The lowest BCUT2D eigenvalue weighted by atomic mass is 10.1. The summed E-state index contributed by atoms with van der Waals surface area (Å²) in [4.78, 5) is 13.6. The minimum Gasteiger partial charge on any atom is -0.319 e. The highest BCUT2D eigenvalue weighted by molar-refractivity contribution is 7.15. The molecule has 0 atom stereocenters. The summed E-state index contributed by atoms with van der Waals surface area (Å²) < 4.78 is 1.97. The van der Waals surface area contributed by atoms with E-state index in [1.54, 1.807) is 23.7 Å². The van der Waals surface area contributed by atoms with Crippen molar-refractivity contribution < 1.29 is 4.79 Å². The maximum Gasteiger partial charge on any atom is 0.259 e. The summed E-state index contributed by atoms with van der Waals surface area (Å²) in [5.74, 6) is -0.114. The molecule has 0 aliphatic heterocycles. The summed E-state index contributed by atoms with van der Waals surface area (Å²) in [6.07, 6.45) is 7.13. The first-order valence-corrected chi connectivity index (χ1v) is 7.02. The van der Waals surface area contributed by atoms with Gasteiger partial charge in [0, 0.05) is 23.5 Å². The van der Waals surface area contributed by atoms with Crippen LogP contribution < -0.4 is 5.32 Å². The van der Waals surface area contributed by atoms with E-state index in [4.69, 9.17) is 0 Å². The van der Waals surface area contributed by atoms with Gasteiger partial charge in [-0.2, -0.15) is 5.10 Å². The van der Waals surface area contributed by atoms with Gasteiger partial charge in [-0.3, -0.25) is 9.89 Å². The highest BCUT2D eigenvalue weighted by atomic mass is 32.1. The molecule has 0 aliphatic rings. The van der Waals surface area contributed by atoms with Crippen LogP contribution in [-0.4, -0.2) is 20.7 Å². The number of carbonyl (C=O) groups is 1. The molecule has 2 N–H and O–H groups in total. The molecule has 1 amide bonds. The van der Waals surface area contributed by atoms with Crippen molar-refractivity contribution in [2.45, 2.75) is 13.8 Å². The van der Waals surface area contributed by atoms with Crippen LogP contribution >= 0.6 is 11.3 Å². The quantitative estimate of drug-likeness (QED) is 0.777. The first-order chi connectivity index (χ1) is 9.66. The number of anilines is 1. The summed E-state index contributed by atoms with van der Waals surface area (Å²) in [6.45, 7) is 4.00. The van der Waals surface area contributed by atoms with Crippen LogP contribution in [0.1, 0.15) is 20.8 Å². The first kappa shape index (κ1) is 12.7. The molecule has 5 nitrogen and oxygen atoms in total. The number of aryl methyl sites for hydroxylation is 1. The van der Waals surface area contributed by atoms with E-state index in [-0.39, 0.29) is 5.91 Å². The average molecular weight is 286 g/mol. The maximum absolute atomic E-state index is 12.5. The Morgan fingerprint density at radius 2 is 2.10 bits per heavy atom. The summed E-state index contributed by atoms with van der Waals surface area (Å²) in [5.41, 5.74) is 2.39. The minimum atomic E-state index is -0.114. The smallest absolute Gasteiger partial charge is 0.259 e. The molecular formula is C14H14N4OS. The van der Waals surface area contributed by atoms with Gasteiger partial charge in [-0.15, -0.1) is 11.3 Å². The largest absolute Gasteiger partial charge is 0.319 e. The predicted molar refractivity (Wildman–Crippen MR) is 79.7 cm³/mol. The molecule has 0 aliphatic carbocycles. The Morgan fingerprint density at radius 1 is 1.35 bits per heavy atom. The van der Waals surface area contributed by atoms with Gasteiger partial charge in [0.1, 0.15) is 5.00 Å². The zero-order valence-electron chi connectivity index (χ0n) is 11.2. The number of nitrogens with one attached hydrogen (secondary N) is 2. The number of hydrogen-bond donors (Lipinski definition) is 2. The Bertz CT molecular complexity index is 726. The fourth-order valence-corrected chi connectivity index (χ4v) is 3.16. The number of nitrogens with zero attached hydrogens (tertiary/aromatic N) is 2. The second-order valence-corrected chi connectivity index (χ2v) is 5.70. The summed E-state index contributed by atoms with van der Waals surface area (Å²) in [7, 11) is 0. The van der Waals surface area contributed by atoms with Gasteiger partial charge in [-0.1, -0.05) is 0 Å². The van der Waals surface area contributed by atoms with Crippen LogP contribution in [0.4, 0.5) is 5.69 Å². The summed E-state index contributed by atoms with van der Waals surface area (Å²) >= 11 is 1.62. The second kappa shape index (κ2) is 4.97. The third kappa shape index (κ3) is 2.14. The number of thiophene rings is 1. The van der Waals surface area contributed by atoms with E-state index in [0.717, 1.165) is 15.4 Å². The van der Waals surface area contributed by atoms with Crippen LogP contribution in [0.25, 0.3) is 5.00 Å². The van der Waals surface area contributed by atoms with Crippen LogP contribution in [0, 0.1) is 13.8 Å². The van der Waals surface area contributed by atoms with E-state index >= 15 is 0 Å². The fourth-order valence-electron chi connectivity index (χ4n) is 2.04. The number of carbonyl (C=O) groups excluding carboxylic acids is 1. The molecule has 0 fully saturated rings. The van der Waals surface area contributed by atoms with Crippen molar-refractivity contribution in [1.82, 2.24) is 14.8 Å². The van der Waals surface area contributed by atoms with Crippen molar-refractivity contribution in [1.29, 1.82) is 0 Å². The lowest BCUT2D eigenvalue weighted by Crippen LogP contribution is -2.14. The molecule has 102 valence electrons. The standard InChI is InChI=1S/C14H14N4OS/c1-9-10(2)20-14(18-5-3-4-6-18)12(9)13(19)17-11-7-15-16-8-11/h3-8H,1-2H3,(H,15,16)(H,17,19). The fraction of sp³-hybridized carbons (Fsp3) is 0.143. The first-order valence-electron chi connectivity index (χ1n) is 6.20. The molecular weight excluding hydrogens is 272 g/mol. The third-order valence-corrected chi connectivity index (χ3v) is 4.41. The highest BCUT2D eigenvalue weighted by Gasteiger charge is 2.20. The molecule has 6 heteroatoms. The van der Waals surface area contributed by atoms with Gasteiger partial charge in [0.2, 0.25) is 0 Å². The zero-order valence-corrected chi connectivity index (χ0v) is 12.0. The van der Waals surface area contributed by atoms with Gasteiger partial charge in [0.25, 0.3) is 5.91 Å². The molecule has 0 spiro atoms. The topological polar surface area (TPSA) is 62.7 Å². The van der Waals surface area contributed by atoms with E-state index in [1.807, 2.05) is 42.9 Å². The second-order valence-electron chi connectivity index (χ2n) is 4.49. The summed E-state index contributed by atoms with van der Waals surface area (Å²) in [6, 6.07) is 3.89. The van der Waals surface area contributed by atoms with Gasteiger partial charge >= 0.3 is 0 Å². The van der Waals surface area contributed by atoms with Crippen LogP contribution in [0.2, 0.25) is 0 Å². The molecule has 0 saturated carbocycles. The van der Waals surface area contributed by atoms with Gasteiger partial charge in [0.15, 0.2) is 0 Å². The molecule has 20 heavy (non-hydrogen) atoms. The minimum absolute atomic E-state index is 0.114. The molecule has 0 bridgehead atoms. The van der Waals surface area contributed by atoms with Gasteiger partial charge < -0.3 is 9.88 Å². The molecule has 0 saturated heterocycles. The molecule has 3 heterocycles. The molecule has 0 unspecified atom stereocenters. The van der Waals surface area contributed by atoms with Crippen molar-refractivity contribution in [3.05, 3.63) is 52.9 Å². The van der Waals surface area contributed by atoms with E-state index in [9.17, 15) is 4.79 Å². The van der Waals surface area contributed by atoms with Crippen LogP contribution in [0.5, 0.6) is 0 Å². The number of hydrogen-bond acceptors (Lipinski definition) is 3. The van der Waals surface area contributed by atoms with Gasteiger partial charge in [0.05, 0.1) is 17.4 Å². The van der Waals surface area contributed by atoms with Crippen molar-refractivity contribution in [3.63, 3.8) is 0 Å². The zero-order chi connectivity index (χ0) is 14.1. The normalized spacial score (nSPS) is 10.7. The summed E-state index contributed by atoms with van der Waals surface area (Å²) in [5, 5.41) is 10.3. The number of rotatable bonds is 3. The van der Waals surface area contributed by atoms with E-state index in [0.29, 0.717) is 11.3 Å². The van der Waals surface area contributed by atoms with Crippen molar-refractivity contribution in [2.75, 3.05) is 5.32 Å². The Morgan fingerprint density at radius 3 is 2.75 bits per heavy atom. The molecule has 3 aromatic rings. The van der Waals surface area contributed by atoms with E-state index in [1.165, 1.54) is 0 Å². The number of aromatic amines is 1. The molecule has 3 rings (SSSR count). The SMILES string of the molecule is Cc1sc(-n2cccc2)c(C(=O)Nc2cn[nH]c2)c1C. The van der Waals surface area contributed by atoms with Crippen LogP contribution in [0.3, 0.4) is 0 Å². The average Bonchev–Trinajstić information content (AvgIpc) is 3.12. The van der Waals surface area contributed by atoms with Crippen LogP contribution in [0.15, 0.2) is 36.9 Å². The van der Waals surface area contributed by atoms with Crippen molar-refractivity contribution >= 4 is 22.9 Å². The molecule has 0 aromatic carbocycles. The Balaban J connectivity index is 2.02. The molecule has 0 radical (unpaired) electrons. The third-order valence-electron chi connectivity index (χ3n) is 3.19. The van der Waals surface area contributed by atoms with E-state index < -0.39 is 0 Å². The predicted octanol–water partition coefficient (Wildman–Crippen LogP) is 3.13. The number of amides is 1. The Labute approximate surface area is 120 Å². The maximum atomic E-state index is 12.5. The number of aromatic nitrogens is 3. The Kier molecular flexibility index (Phi) is 3.15. The van der Waals surface area contributed by atoms with Gasteiger partial charge in [-0.05, 0) is 31.5 Å². The van der Waals surface area contributed by atoms with Crippen LogP contribution in [-0.2, 0) is 0 Å². The van der Waals surface area contributed by atoms with Gasteiger partial charge in [-0.25, -0.2) is 0 Å². The van der Waals surface area contributed by atoms with Crippen molar-refractivity contribution in [3.8, 4) is 5.00 Å². The van der Waals surface area contributed by atoms with Crippen molar-refractivity contribution in [2.24, 2.45) is 0 Å². The monoisotopic (exact) mass is 286 g/mol.